The molecule has 0 saturated carbocycles. The van der Waals surface area contributed by atoms with Gasteiger partial charge in [0.25, 0.3) is 0 Å². The zero-order valence-electron chi connectivity index (χ0n) is 13.1. The molecular weight excluding hydrogens is 320 g/mol. The van der Waals surface area contributed by atoms with E-state index in [-0.39, 0.29) is 5.25 Å². The number of aryl methyl sites for hydroxylation is 2. The van der Waals surface area contributed by atoms with Crippen LogP contribution in [0.25, 0.3) is 0 Å². The summed E-state index contributed by atoms with van der Waals surface area (Å²) in [5.41, 5.74) is 7.20. The standard InChI is InChI=1S/C16H17F2N3OS/c1-8-14(9(2)22-21-8)13-7-16(3,20-15(19)23-13)11-5-4-10(17)6-12(11)18/h4-6,13H,7H2,1-3H3,(H2,19,20)/t13-,16-/m1/s1. The van der Waals surface area contributed by atoms with Crippen molar-refractivity contribution < 1.29 is 13.3 Å². The van der Waals surface area contributed by atoms with Gasteiger partial charge in [0, 0.05) is 22.4 Å². The van der Waals surface area contributed by atoms with Gasteiger partial charge < -0.3 is 10.3 Å². The van der Waals surface area contributed by atoms with Crippen LogP contribution in [0.1, 0.15) is 41.2 Å². The lowest BCUT2D eigenvalue weighted by molar-refractivity contribution is 0.389. The monoisotopic (exact) mass is 337 g/mol. The summed E-state index contributed by atoms with van der Waals surface area (Å²) in [6, 6.07) is 3.54. The Bertz CT molecular complexity index is 770. The first-order valence-corrected chi connectivity index (χ1v) is 8.08. The van der Waals surface area contributed by atoms with Crippen LogP contribution in [0.3, 0.4) is 0 Å². The second-order valence-electron chi connectivity index (χ2n) is 5.90. The number of hydrogen-bond acceptors (Lipinski definition) is 5. The number of aliphatic imine (C=N–C) groups is 1. The van der Waals surface area contributed by atoms with E-state index >= 15 is 0 Å². The van der Waals surface area contributed by atoms with Crippen molar-refractivity contribution in [1.29, 1.82) is 0 Å². The van der Waals surface area contributed by atoms with Crippen molar-refractivity contribution >= 4 is 16.9 Å². The number of rotatable bonds is 2. The van der Waals surface area contributed by atoms with Gasteiger partial charge in [0.05, 0.1) is 11.2 Å². The molecule has 3 rings (SSSR count). The highest BCUT2D eigenvalue weighted by Gasteiger charge is 2.39. The minimum atomic E-state index is -0.867. The number of halogens is 2. The lowest BCUT2D eigenvalue weighted by Gasteiger charge is -2.34. The van der Waals surface area contributed by atoms with Crippen molar-refractivity contribution in [2.45, 2.75) is 38.0 Å². The fourth-order valence-electron chi connectivity index (χ4n) is 3.07. The third-order valence-corrected chi connectivity index (χ3v) is 5.14. The molecular formula is C16H17F2N3OS. The summed E-state index contributed by atoms with van der Waals surface area (Å²) in [4.78, 5) is 4.44. The molecule has 0 spiro atoms. The Morgan fingerprint density at radius 1 is 1.35 bits per heavy atom. The number of hydrogen-bond donors (Lipinski definition) is 1. The molecule has 0 saturated heterocycles. The number of benzene rings is 1. The molecule has 2 aromatic rings. The van der Waals surface area contributed by atoms with Crippen molar-refractivity contribution in [3.05, 3.63) is 52.4 Å². The topological polar surface area (TPSA) is 64.4 Å². The van der Waals surface area contributed by atoms with Gasteiger partial charge in [-0.25, -0.2) is 8.78 Å². The molecule has 23 heavy (non-hydrogen) atoms. The average molecular weight is 337 g/mol. The van der Waals surface area contributed by atoms with Crippen molar-refractivity contribution in [3.8, 4) is 0 Å². The summed E-state index contributed by atoms with van der Waals surface area (Å²) in [5.74, 6) is -0.510. The first-order valence-electron chi connectivity index (χ1n) is 7.20. The van der Waals surface area contributed by atoms with E-state index in [2.05, 4.69) is 10.1 Å². The van der Waals surface area contributed by atoms with E-state index in [1.165, 1.54) is 23.9 Å². The first-order chi connectivity index (χ1) is 10.8. The Morgan fingerprint density at radius 3 is 2.70 bits per heavy atom. The molecule has 1 aromatic heterocycles. The molecule has 0 radical (unpaired) electrons. The fourth-order valence-corrected chi connectivity index (χ4v) is 4.48. The number of thioether (sulfide) groups is 1. The predicted molar refractivity (Wildman–Crippen MR) is 86.3 cm³/mol. The van der Waals surface area contributed by atoms with Crippen LogP contribution in [-0.2, 0) is 5.54 Å². The Balaban J connectivity index is 2.04. The lowest BCUT2D eigenvalue weighted by atomic mass is 9.85. The largest absolute Gasteiger partial charge is 0.378 e. The molecule has 0 fully saturated rings. The molecule has 0 aliphatic carbocycles. The van der Waals surface area contributed by atoms with E-state index in [0.29, 0.717) is 17.2 Å². The summed E-state index contributed by atoms with van der Waals surface area (Å²) >= 11 is 1.41. The van der Waals surface area contributed by atoms with Gasteiger partial charge >= 0.3 is 0 Å². The van der Waals surface area contributed by atoms with Crippen LogP contribution in [0.15, 0.2) is 27.7 Å². The van der Waals surface area contributed by atoms with E-state index in [9.17, 15) is 8.78 Å². The summed E-state index contributed by atoms with van der Waals surface area (Å²) < 4.78 is 32.7. The molecule has 2 atom stereocenters. The molecule has 1 aromatic carbocycles. The summed E-state index contributed by atoms with van der Waals surface area (Å²) in [5, 5.41) is 4.29. The Kier molecular flexibility index (Phi) is 3.91. The van der Waals surface area contributed by atoms with E-state index < -0.39 is 17.2 Å². The molecule has 0 amide bonds. The van der Waals surface area contributed by atoms with E-state index in [4.69, 9.17) is 10.3 Å². The van der Waals surface area contributed by atoms with Crippen LogP contribution in [0.5, 0.6) is 0 Å². The van der Waals surface area contributed by atoms with Crippen LogP contribution in [-0.4, -0.2) is 10.3 Å². The van der Waals surface area contributed by atoms with Gasteiger partial charge in [-0.2, -0.15) is 0 Å². The molecule has 7 heteroatoms. The molecule has 2 N–H and O–H groups in total. The third-order valence-electron chi connectivity index (χ3n) is 4.12. The van der Waals surface area contributed by atoms with Gasteiger partial charge in [0.1, 0.15) is 17.4 Å². The second kappa shape index (κ2) is 5.63. The lowest BCUT2D eigenvalue weighted by Crippen LogP contribution is -2.31. The van der Waals surface area contributed by atoms with Crippen LogP contribution in [0.4, 0.5) is 8.78 Å². The third kappa shape index (κ3) is 2.85. The normalized spacial score (nSPS) is 24.6. The Morgan fingerprint density at radius 2 is 2.09 bits per heavy atom. The smallest absolute Gasteiger partial charge is 0.155 e. The van der Waals surface area contributed by atoms with Crippen LogP contribution >= 0.6 is 11.8 Å². The van der Waals surface area contributed by atoms with Crippen LogP contribution in [0.2, 0.25) is 0 Å². The number of nitrogens with zero attached hydrogens (tertiary/aromatic N) is 2. The molecule has 1 aliphatic rings. The SMILES string of the molecule is Cc1noc(C)c1[C@H]1C[C@](C)(c2ccc(F)cc2F)N=C(N)S1. The molecule has 122 valence electrons. The predicted octanol–water partition coefficient (Wildman–Crippen LogP) is 3.98. The quantitative estimate of drug-likeness (QED) is 0.900. The van der Waals surface area contributed by atoms with E-state index in [1.807, 2.05) is 13.8 Å². The minimum Gasteiger partial charge on any atom is -0.378 e. The maximum absolute atomic E-state index is 14.2. The van der Waals surface area contributed by atoms with Gasteiger partial charge in [0.2, 0.25) is 0 Å². The van der Waals surface area contributed by atoms with Crippen molar-refractivity contribution in [1.82, 2.24) is 5.16 Å². The van der Waals surface area contributed by atoms with Crippen molar-refractivity contribution in [2.75, 3.05) is 0 Å². The molecule has 1 aliphatic heterocycles. The fraction of sp³-hybridized carbons (Fsp3) is 0.375. The van der Waals surface area contributed by atoms with E-state index in [1.54, 1.807) is 6.92 Å². The maximum Gasteiger partial charge on any atom is 0.155 e. The molecule has 4 nitrogen and oxygen atoms in total. The zero-order valence-corrected chi connectivity index (χ0v) is 13.9. The van der Waals surface area contributed by atoms with E-state index in [0.717, 1.165) is 23.1 Å². The molecule has 0 bridgehead atoms. The summed E-state index contributed by atoms with van der Waals surface area (Å²) in [6.07, 6.45) is 0.518. The van der Waals surface area contributed by atoms with Gasteiger partial charge in [-0.1, -0.05) is 23.0 Å². The van der Waals surface area contributed by atoms with Gasteiger partial charge in [-0.15, -0.1) is 0 Å². The average Bonchev–Trinajstić information content (AvgIpc) is 2.76. The van der Waals surface area contributed by atoms with Crippen molar-refractivity contribution in [2.24, 2.45) is 10.7 Å². The first kappa shape index (κ1) is 16.0. The van der Waals surface area contributed by atoms with Crippen LogP contribution in [0, 0.1) is 25.5 Å². The maximum atomic E-state index is 14.2. The highest BCUT2D eigenvalue weighted by Crippen LogP contribution is 2.48. The molecule has 0 unspecified atom stereocenters. The summed E-state index contributed by atoms with van der Waals surface area (Å²) in [7, 11) is 0. The zero-order chi connectivity index (χ0) is 16.8. The molecule has 2 heterocycles. The Labute approximate surface area is 137 Å². The van der Waals surface area contributed by atoms with Gasteiger partial charge in [0.15, 0.2) is 5.17 Å². The highest BCUT2D eigenvalue weighted by molar-refractivity contribution is 8.14. The van der Waals surface area contributed by atoms with Crippen molar-refractivity contribution in [3.63, 3.8) is 0 Å². The van der Waals surface area contributed by atoms with Gasteiger partial charge in [-0.05, 0) is 33.3 Å². The minimum absolute atomic E-state index is 0.0480. The van der Waals surface area contributed by atoms with Gasteiger partial charge in [-0.3, -0.25) is 4.99 Å². The highest BCUT2D eigenvalue weighted by atomic mass is 32.2. The number of aromatic nitrogens is 1. The summed E-state index contributed by atoms with van der Waals surface area (Å²) in [6.45, 7) is 5.51. The number of amidine groups is 1. The Hall–Kier alpha value is -1.89. The second-order valence-corrected chi connectivity index (χ2v) is 7.12. The van der Waals surface area contributed by atoms with Crippen LogP contribution < -0.4 is 5.73 Å². The number of nitrogens with two attached hydrogens (primary N) is 1.